The van der Waals surface area contributed by atoms with Gasteiger partial charge in [-0.05, 0) is 30.5 Å². The van der Waals surface area contributed by atoms with E-state index in [0.717, 1.165) is 35.9 Å². The van der Waals surface area contributed by atoms with Crippen molar-refractivity contribution in [3.8, 4) is 0 Å². The van der Waals surface area contributed by atoms with E-state index in [9.17, 15) is 4.39 Å². The van der Waals surface area contributed by atoms with Gasteiger partial charge in [0.15, 0.2) is 5.96 Å². The number of aliphatic imine (C=N–C) groups is 1. The van der Waals surface area contributed by atoms with Crippen molar-refractivity contribution in [2.75, 3.05) is 37.7 Å². The van der Waals surface area contributed by atoms with E-state index in [0.29, 0.717) is 43.9 Å². The smallest absolute Gasteiger partial charge is 0.191 e. The van der Waals surface area contributed by atoms with Crippen LogP contribution in [0, 0.1) is 5.82 Å². The van der Waals surface area contributed by atoms with E-state index in [1.165, 1.54) is 0 Å². The first-order valence-corrected chi connectivity index (χ1v) is 11.0. The Hall–Kier alpha value is -1.46. The molecule has 0 radical (unpaired) electrons. The van der Waals surface area contributed by atoms with Gasteiger partial charge in [0.1, 0.15) is 10.8 Å². The summed E-state index contributed by atoms with van der Waals surface area (Å²) >= 11 is 1.65. The molecule has 1 aromatic heterocycles. The average Bonchev–Trinajstić information content (AvgIpc) is 3.20. The van der Waals surface area contributed by atoms with Gasteiger partial charge in [-0.1, -0.05) is 19.9 Å². The minimum absolute atomic E-state index is 0. The standard InChI is InChI=1S/C21H30FN5OS.HI/c1-4-23-21(25-13-20-26-18(14-29-20)15(2)3)24-12-16-5-6-19(17(22)11-16)27-7-9-28-10-8-27;/h5-6,11,14-15H,4,7-10,12-13H2,1-3H3,(H2,23,24,25);1H. The summed E-state index contributed by atoms with van der Waals surface area (Å²) in [5.74, 6) is 0.922. The molecule has 0 aliphatic carbocycles. The third-order valence-electron chi connectivity index (χ3n) is 4.70. The van der Waals surface area contributed by atoms with Gasteiger partial charge in [-0.3, -0.25) is 0 Å². The molecule has 0 unspecified atom stereocenters. The Labute approximate surface area is 199 Å². The summed E-state index contributed by atoms with van der Waals surface area (Å²) in [5, 5.41) is 9.67. The van der Waals surface area contributed by atoms with Gasteiger partial charge in [0.25, 0.3) is 0 Å². The number of aromatic nitrogens is 1. The SMILES string of the molecule is CCNC(=NCc1ccc(N2CCOCC2)c(F)c1)NCc1nc(C(C)C)cs1.I. The third kappa shape index (κ3) is 7.05. The second-order valence-corrected chi connectivity index (χ2v) is 8.20. The first-order chi connectivity index (χ1) is 14.1. The van der Waals surface area contributed by atoms with Crippen LogP contribution in [0.3, 0.4) is 0 Å². The van der Waals surface area contributed by atoms with E-state index in [-0.39, 0.29) is 29.8 Å². The van der Waals surface area contributed by atoms with E-state index in [2.05, 4.69) is 39.8 Å². The summed E-state index contributed by atoms with van der Waals surface area (Å²) < 4.78 is 19.9. The number of thiazole rings is 1. The molecule has 0 atom stereocenters. The molecule has 1 aliphatic rings. The summed E-state index contributed by atoms with van der Waals surface area (Å²) in [6.07, 6.45) is 0. The molecule has 9 heteroatoms. The Morgan fingerprint density at radius 3 is 2.70 bits per heavy atom. The molecule has 3 rings (SSSR count). The number of ether oxygens (including phenoxy) is 1. The molecule has 0 spiro atoms. The van der Waals surface area contributed by atoms with Gasteiger partial charge < -0.3 is 20.3 Å². The van der Waals surface area contributed by atoms with Gasteiger partial charge in [0.2, 0.25) is 0 Å². The summed E-state index contributed by atoms with van der Waals surface area (Å²) in [6.45, 7) is 10.8. The predicted octanol–water partition coefficient (Wildman–Crippen LogP) is 4.12. The number of hydrogen-bond acceptors (Lipinski definition) is 5. The maximum absolute atomic E-state index is 14.6. The van der Waals surface area contributed by atoms with Gasteiger partial charge >= 0.3 is 0 Å². The molecule has 1 saturated heterocycles. The zero-order valence-electron chi connectivity index (χ0n) is 17.8. The van der Waals surface area contributed by atoms with Crippen molar-refractivity contribution in [2.45, 2.75) is 39.8 Å². The van der Waals surface area contributed by atoms with Crippen molar-refractivity contribution in [1.82, 2.24) is 15.6 Å². The number of nitrogens with zero attached hydrogens (tertiary/aromatic N) is 3. The number of nitrogens with one attached hydrogen (secondary N) is 2. The van der Waals surface area contributed by atoms with E-state index in [4.69, 9.17) is 4.74 Å². The lowest BCUT2D eigenvalue weighted by Crippen LogP contribution is -2.37. The highest BCUT2D eigenvalue weighted by Crippen LogP contribution is 2.22. The minimum Gasteiger partial charge on any atom is -0.378 e. The van der Waals surface area contributed by atoms with E-state index >= 15 is 0 Å². The predicted molar refractivity (Wildman–Crippen MR) is 133 cm³/mol. The maximum atomic E-state index is 14.6. The minimum atomic E-state index is -0.207. The number of anilines is 1. The van der Waals surface area contributed by atoms with Gasteiger partial charge in [0.05, 0.1) is 37.7 Å². The van der Waals surface area contributed by atoms with E-state index in [1.807, 2.05) is 24.0 Å². The number of guanidine groups is 1. The van der Waals surface area contributed by atoms with Crippen LogP contribution in [0.5, 0.6) is 0 Å². The Morgan fingerprint density at radius 1 is 1.30 bits per heavy atom. The quantitative estimate of drug-likeness (QED) is 0.311. The number of rotatable bonds is 7. The van der Waals surface area contributed by atoms with Crippen LogP contribution in [-0.4, -0.2) is 43.8 Å². The molecular weight excluding hydrogens is 516 g/mol. The van der Waals surface area contributed by atoms with Crippen LogP contribution >= 0.6 is 35.3 Å². The molecule has 0 saturated carbocycles. The van der Waals surface area contributed by atoms with E-state index in [1.54, 1.807) is 17.4 Å². The Morgan fingerprint density at radius 2 is 2.07 bits per heavy atom. The van der Waals surface area contributed by atoms with Crippen molar-refractivity contribution in [3.05, 3.63) is 45.7 Å². The Kier molecular flexibility index (Phi) is 10.3. The third-order valence-corrected chi connectivity index (χ3v) is 5.56. The molecule has 1 aromatic carbocycles. The van der Waals surface area contributed by atoms with Crippen LogP contribution < -0.4 is 15.5 Å². The average molecular weight is 547 g/mol. The first kappa shape index (κ1) is 24.8. The van der Waals surface area contributed by atoms with Crippen LogP contribution in [0.4, 0.5) is 10.1 Å². The lowest BCUT2D eigenvalue weighted by Gasteiger charge is -2.29. The molecule has 1 aliphatic heterocycles. The lowest BCUT2D eigenvalue weighted by atomic mass is 10.1. The Bertz CT molecular complexity index is 823. The fourth-order valence-electron chi connectivity index (χ4n) is 3.05. The topological polar surface area (TPSA) is 61.8 Å². The number of benzene rings is 1. The summed E-state index contributed by atoms with van der Waals surface area (Å²) in [5.41, 5.74) is 2.59. The van der Waals surface area contributed by atoms with Gasteiger partial charge in [0, 0.05) is 25.0 Å². The van der Waals surface area contributed by atoms with E-state index < -0.39 is 0 Å². The van der Waals surface area contributed by atoms with Gasteiger partial charge in [-0.2, -0.15) is 0 Å². The largest absolute Gasteiger partial charge is 0.378 e. The van der Waals surface area contributed by atoms with Crippen molar-refractivity contribution in [1.29, 1.82) is 0 Å². The highest BCUT2D eigenvalue weighted by Gasteiger charge is 2.15. The van der Waals surface area contributed by atoms with Crippen LogP contribution in [-0.2, 0) is 17.8 Å². The van der Waals surface area contributed by atoms with Crippen LogP contribution in [0.2, 0.25) is 0 Å². The highest BCUT2D eigenvalue weighted by atomic mass is 127. The molecule has 0 bridgehead atoms. The zero-order valence-corrected chi connectivity index (χ0v) is 20.9. The second-order valence-electron chi connectivity index (χ2n) is 7.25. The summed E-state index contributed by atoms with van der Waals surface area (Å²) in [6, 6.07) is 5.36. The molecule has 0 amide bonds. The van der Waals surface area contributed by atoms with Crippen molar-refractivity contribution < 1.29 is 9.13 Å². The number of hydrogen-bond donors (Lipinski definition) is 2. The summed E-state index contributed by atoms with van der Waals surface area (Å²) in [7, 11) is 0. The van der Waals surface area contributed by atoms with Crippen molar-refractivity contribution >= 4 is 47.0 Å². The van der Waals surface area contributed by atoms with Crippen molar-refractivity contribution in [2.24, 2.45) is 4.99 Å². The molecule has 2 aromatic rings. The molecule has 2 heterocycles. The first-order valence-electron chi connectivity index (χ1n) is 10.1. The normalized spacial score (nSPS) is 14.6. The fraction of sp³-hybridized carbons (Fsp3) is 0.524. The zero-order chi connectivity index (χ0) is 20.6. The van der Waals surface area contributed by atoms with Crippen LogP contribution in [0.25, 0.3) is 0 Å². The van der Waals surface area contributed by atoms with Crippen LogP contribution in [0.1, 0.15) is 43.0 Å². The molecule has 2 N–H and O–H groups in total. The Balaban J connectivity index is 0.00000320. The number of morpholine rings is 1. The molecule has 30 heavy (non-hydrogen) atoms. The van der Waals surface area contributed by atoms with Crippen molar-refractivity contribution in [3.63, 3.8) is 0 Å². The molecule has 1 fully saturated rings. The maximum Gasteiger partial charge on any atom is 0.191 e. The fourth-order valence-corrected chi connectivity index (χ4v) is 3.95. The number of halogens is 2. The second kappa shape index (κ2) is 12.4. The lowest BCUT2D eigenvalue weighted by molar-refractivity contribution is 0.122. The molecular formula is C21H31FIN5OS. The van der Waals surface area contributed by atoms with Gasteiger partial charge in [-0.15, -0.1) is 35.3 Å². The summed E-state index contributed by atoms with van der Waals surface area (Å²) in [4.78, 5) is 11.3. The highest BCUT2D eigenvalue weighted by molar-refractivity contribution is 14.0. The van der Waals surface area contributed by atoms with Crippen LogP contribution in [0.15, 0.2) is 28.6 Å². The van der Waals surface area contributed by atoms with Gasteiger partial charge in [-0.25, -0.2) is 14.4 Å². The monoisotopic (exact) mass is 547 g/mol. The molecule has 166 valence electrons. The molecule has 6 nitrogen and oxygen atoms in total.